The minimum atomic E-state index is -4.33. The first-order valence-corrected chi connectivity index (χ1v) is 5.27. The Labute approximate surface area is 89.7 Å². The number of carbonyl (C=O) groups excluding carboxylic acids is 1. The van der Waals surface area contributed by atoms with Crippen LogP contribution in [-0.2, 0) is 11.0 Å². The minimum Gasteiger partial charge on any atom is -0.303 e. The number of carbonyl (C=O) groups is 1. The molecular weight excluding hydrogens is 225 g/mol. The van der Waals surface area contributed by atoms with Gasteiger partial charge in [0.1, 0.15) is 6.29 Å². The Bertz CT molecular complexity index is 336. The Hall–Kier alpha value is -0.970. The Balaban J connectivity index is 2.82. The minimum absolute atomic E-state index is 0.173. The molecule has 0 aliphatic rings. The molecule has 0 fully saturated rings. The summed E-state index contributed by atoms with van der Waals surface area (Å²) in [5, 5.41) is 0. The van der Waals surface area contributed by atoms with Crippen LogP contribution in [0.4, 0.5) is 13.2 Å². The van der Waals surface area contributed by atoms with E-state index in [4.69, 9.17) is 0 Å². The molecule has 0 N–H and O–H groups in total. The van der Waals surface area contributed by atoms with Crippen molar-refractivity contribution in [2.24, 2.45) is 0 Å². The average molecular weight is 234 g/mol. The van der Waals surface area contributed by atoms with Gasteiger partial charge in [0.05, 0.1) is 5.56 Å². The average Bonchev–Trinajstić information content (AvgIpc) is 2.17. The first-order chi connectivity index (χ1) is 7.05. The standard InChI is InChI=1S/C10H9F3OS/c11-10(12,13)8-4-1-2-5-9(8)15-7-3-6-14/h1-2,4-6H,3,7H2. The molecule has 1 rings (SSSR count). The zero-order valence-electron chi connectivity index (χ0n) is 7.75. The number of rotatable bonds is 4. The lowest BCUT2D eigenvalue weighted by Gasteiger charge is -2.11. The molecule has 0 aliphatic carbocycles. The van der Waals surface area contributed by atoms with Gasteiger partial charge in [0.25, 0.3) is 0 Å². The number of benzene rings is 1. The van der Waals surface area contributed by atoms with Crippen LogP contribution in [0.15, 0.2) is 29.2 Å². The molecular formula is C10H9F3OS. The molecule has 82 valence electrons. The van der Waals surface area contributed by atoms with Gasteiger partial charge in [0.2, 0.25) is 0 Å². The second kappa shape index (κ2) is 5.21. The van der Waals surface area contributed by atoms with E-state index in [0.29, 0.717) is 12.0 Å². The smallest absolute Gasteiger partial charge is 0.303 e. The van der Waals surface area contributed by atoms with Gasteiger partial charge in [0, 0.05) is 17.1 Å². The van der Waals surface area contributed by atoms with Crippen LogP contribution in [0.3, 0.4) is 0 Å². The third kappa shape index (κ3) is 3.58. The van der Waals surface area contributed by atoms with Gasteiger partial charge in [-0.2, -0.15) is 13.2 Å². The van der Waals surface area contributed by atoms with Gasteiger partial charge in [-0.1, -0.05) is 12.1 Å². The lowest BCUT2D eigenvalue weighted by Crippen LogP contribution is -2.06. The van der Waals surface area contributed by atoms with E-state index in [2.05, 4.69) is 0 Å². The molecule has 0 saturated carbocycles. The summed E-state index contributed by atoms with van der Waals surface area (Å²) in [6.45, 7) is 0. The van der Waals surface area contributed by atoms with E-state index in [1.54, 1.807) is 6.07 Å². The van der Waals surface area contributed by atoms with Crippen molar-refractivity contribution < 1.29 is 18.0 Å². The molecule has 1 nitrogen and oxygen atoms in total. The summed E-state index contributed by atoms with van der Waals surface area (Å²) in [5.74, 6) is 0.372. The third-order valence-corrected chi connectivity index (χ3v) is 2.79. The summed E-state index contributed by atoms with van der Waals surface area (Å²) in [4.78, 5) is 10.2. The second-order valence-corrected chi connectivity index (χ2v) is 3.93. The number of aldehydes is 1. The molecule has 0 radical (unpaired) electrons. The molecule has 15 heavy (non-hydrogen) atoms. The molecule has 0 bridgehead atoms. The van der Waals surface area contributed by atoms with Crippen molar-refractivity contribution in [2.75, 3.05) is 5.75 Å². The monoisotopic (exact) mass is 234 g/mol. The molecule has 0 atom stereocenters. The van der Waals surface area contributed by atoms with Crippen LogP contribution in [-0.4, -0.2) is 12.0 Å². The fraction of sp³-hybridized carbons (Fsp3) is 0.300. The van der Waals surface area contributed by atoms with Crippen LogP contribution in [0, 0.1) is 0 Å². The Kier molecular flexibility index (Phi) is 4.20. The summed E-state index contributed by atoms with van der Waals surface area (Å²) < 4.78 is 37.4. The Morgan fingerprint density at radius 2 is 1.93 bits per heavy atom. The van der Waals surface area contributed by atoms with E-state index in [1.807, 2.05) is 0 Å². The molecule has 1 aromatic rings. The summed E-state index contributed by atoms with van der Waals surface area (Å²) in [7, 11) is 0. The highest BCUT2D eigenvalue weighted by Gasteiger charge is 2.32. The number of hydrogen-bond acceptors (Lipinski definition) is 2. The molecule has 0 amide bonds. The molecule has 1 aromatic carbocycles. The molecule has 0 aromatic heterocycles. The van der Waals surface area contributed by atoms with Crippen molar-refractivity contribution in [3.8, 4) is 0 Å². The quantitative estimate of drug-likeness (QED) is 0.451. The molecule has 0 saturated heterocycles. The van der Waals surface area contributed by atoms with E-state index in [0.717, 1.165) is 17.8 Å². The van der Waals surface area contributed by atoms with Crippen molar-refractivity contribution >= 4 is 18.0 Å². The fourth-order valence-electron chi connectivity index (χ4n) is 1.04. The SMILES string of the molecule is O=CCCSc1ccccc1C(F)(F)F. The highest BCUT2D eigenvalue weighted by molar-refractivity contribution is 7.99. The molecule has 5 heteroatoms. The van der Waals surface area contributed by atoms with Crippen LogP contribution in [0.2, 0.25) is 0 Å². The van der Waals surface area contributed by atoms with Gasteiger partial charge in [0.15, 0.2) is 0 Å². The maximum absolute atomic E-state index is 12.5. The van der Waals surface area contributed by atoms with E-state index < -0.39 is 11.7 Å². The number of halogens is 3. The van der Waals surface area contributed by atoms with Crippen molar-refractivity contribution in [3.05, 3.63) is 29.8 Å². The predicted molar refractivity (Wildman–Crippen MR) is 52.8 cm³/mol. The van der Waals surface area contributed by atoms with Gasteiger partial charge in [-0.05, 0) is 12.1 Å². The molecule has 0 unspecified atom stereocenters. The first kappa shape index (κ1) is 12.1. The number of alkyl halides is 3. The first-order valence-electron chi connectivity index (χ1n) is 4.28. The van der Waals surface area contributed by atoms with E-state index in [-0.39, 0.29) is 11.3 Å². The van der Waals surface area contributed by atoms with Gasteiger partial charge in [-0.15, -0.1) is 11.8 Å². The van der Waals surface area contributed by atoms with Gasteiger partial charge in [-0.3, -0.25) is 0 Å². The largest absolute Gasteiger partial charge is 0.417 e. The topological polar surface area (TPSA) is 17.1 Å². The van der Waals surface area contributed by atoms with E-state index in [9.17, 15) is 18.0 Å². The van der Waals surface area contributed by atoms with Crippen molar-refractivity contribution in [3.63, 3.8) is 0 Å². The zero-order chi connectivity index (χ0) is 11.3. The maximum Gasteiger partial charge on any atom is 0.417 e. The Morgan fingerprint density at radius 1 is 1.27 bits per heavy atom. The maximum atomic E-state index is 12.5. The molecule has 0 aliphatic heterocycles. The van der Waals surface area contributed by atoms with Crippen LogP contribution in [0.5, 0.6) is 0 Å². The predicted octanol–water partition coefficient (Wildman–Crippen LogP) is 3.39. The normalized spacial score (nSPS) is 11.4. The second-order valence-electron chi connectivity index (χ2n) is 2.80. The van der Waals surface area contributed by atoms with Crippen molar-refractivity contribution in [1.82, 2.24) is 0 Å². The number of hydrogen-bond donors (Lipinski definition) is 0. The Morgan fingerprint density at radius 3 is 2.53 bits per heavy atom. The lowest BCUT2D eigenvalue weighted by atomic mass is 10.2. The molecule has 0 spiro atoms. The lowest BCUT2D eigenvalue weighted by molar-refractivity contribution is -0.139. The summed E-state index contributed by atoms with van der Waals surface area (Å²) >= 11 is 1.05. The van der Waals surface area contributed by atoms with Gasteiger partial charge < -0.3 is 4.79 Å². The summed E-state index contributed by atoms with van der Waals surface area (Å²) in [6.07, 6.45) is -3.37. The summed E-state index contributed by atoms with van der Waals surface area (Å²) in [6, 6.07) is 5.37. The van der Waals surface area contributed by atoms with Crippen LogP contribution in [0.25, 0.3) is 0 Å². The van der Waals surface area contributed by atoms with Crippen LogP contribution in [0.1, 0.15) is 12.0 Å². The summed E-state index contributed by atoms with van der Waals surface area (Å²) in [5.41, 5.74) is -0.638. The van der Waals surface area contributed by atoms with Gasteiger partial charge >= 0.3 is 6.18 Å². The van der Waals surface area contributed by atoms with Crippen molar-refractivity contribution in [2.45, 2.75) is 17.5 Å². The van der Waals surface area contributed by atoms with Crippen LogP contribution < -0.4 is 0 Å². The molecule has 0 heterocycles. The van der Waals surface area contributed by atoms with E-state index >= 15 is 0 Å². The van der Waals surface area contributed by atoms with Gasteiger partial charge in [-0.25, -0.2) is 0 Å². The van der Waals surface area contributed by atoms with Crippen LogP contribution >= 0.6 is 11.8 Å². The van der Waals surface area contributed by atoms with Crippen molar-refractivity contribution in [1.29, 1.82) is 0 Å². The third-order valence-electron chi connectivity index (χ3n) is 1.69. The highest BCUT2D eigenvalue weighted by Crippen LogP contribution is 2.36. The number of thioether (sulfide) groups is 1. The fourth-order valence-corrected chi connectivity index (χ4v) is 1.99. The highest BCUT2D eigenvalue weighted by atomic mass is 32.2. The zero-order valence-corrected chi connectivity index (χ0v) is 8.57. The van der Waals surface area contributed by atoms with E-state index in [1.165, 1.54) is 12.1 Å².